The van der Waals surface area contributed by atoms with Crippen LogP contribution in [0.2, 0.25) is 0 Å². The minimum Gasteiger partial charge on any atom is -1.00 e. The van der Waals surface area contributed by atoms with E-state index >= 15 is 0 Å². The Morgan fingerprint density at radius 3 is 0.884 bits per heavy atom. The zero-order chi connectivity index (χ0) is 31.0. The van der Waals surface area contributed by atoms with Crippen molar-refractivity contribution < 1.29 is 31.1 Å². The van der Waals surface area contributed by atoms with Gasteiger partial charge in [-0.1, -0.05) is 194 Å². The maximum absolute atomic E-state index is 12.8. The average molecular weight is 673 g/mol. The molecule has 258 valence electrons. The Bertz CT molecular complexity index is 592. The van der Waals surface area contributed by atoms with E-state index in [1.807, 2.05) is 14.1 Å². The smallest absolute Gasteiger partial charge is 0.313 e. The van der Waals surface area contributed by atoms with Gasteiger partial charge in [0.15, 0.2) is 5.78 Å². The lowest BCUT2D eigenvalue weighted by atomic mass is 10.0. The maximum Gasteiger partial charge on any atom is 0.313 e. The Labute approximate surface area is 281 Å². The molecule has 0 saturated carbocycles. The number of carbonyl (C=O) groups excluding carboxylic acids is 2. The molecule has 0 unspecified atom stereocenters. The molecule has 3 nitrogen and oxygen atoms in total. The number of unbranched alkanes of at least 4 members (excludes halogenated alkanes) is 28. The SMILES string of the molecule is CCCCCCCCCCCCCCCCCC(=O)C[N+](C)(C)C(=O)CCCCCCCCCCCCCCCCC.[Br-]. The number of ketones is 1. The molecule has 0 rings (SSSR count). The van der Waals surface area contributed by atoms with Crippen LogP contribution in [-0.4, -0.2) is 36.8 Å². The second kappa shape index (κ2) is 34.6. The van der Waals surface area contributed by atoms with Gasteiger partial charge in [-0.3, -0.25) is 9.28 Å². The van der Waals surface area contributed by atoms with E-state index in [1.54, 1.807) is 0 Å². The van der Waals surface area contributed by atoms with Crippen LogP contribution in [0.15, 0.2) is 0 Å². The van der Waals surface area contributed by atoms with Crippen LogP contribution in [0.25, 0.3) is 0 Å². The van der Waals surface area contributed by atoms with Gasteiger partial charge in [0.25, 0.3) is 0 Å². The Morgan fingerprint density at radius 1 is 0.372 bits per heavy atom. The third kappa shape index (κ3) is 33.0. The molecule has 0 aliphatic heterocycles. The summed E-state index contributed by atoms with van der Waals surface area (Å²) in [5.41, 5.74) is 0. The molecule has 0 aromatic heterocycles. The highest BCUT2D eigenvalue weighted by molar-refractivity contribution is 5.81. The molecule has 0 heterocycles. The molecule has 43 heavy (non-hydrogen) atoms. The quantitative estimate of drug-likeness (QED) is 0.0504. The summed E-state index contributed by atoms with van der Waals surface area (Å²) < 4.78 is 0.232. The van der Waals surface area contributed by atoms with Crippen molar-refractivity contribution in [3.63, 3.8) is 0 Å². The van der Waals surface area contributed by atoms with E-state index in [9.17, 15) is 9.59 Å². The number of quaternary nitrogens is 1. The van der Waals surface area contributed by atoms with Gasteiger partial charge in [0.05, 0.1) is 20.5 Å². The van der Waals surface area contributed by atoms with Crippen LogP contribution in [0.1, 0.15) is 219 Å². The van der Waals surface area contributed by atoms with E-state index in [2.05, 4.69) is 13.8 Å². The summed E-state index contributed by atoms with van der Waals surface area (Å²) in [6.07, 6.45) is 41.5. The van der Waals surface area contributed by atoms with Crippen molar-refractivity contribution in [3.8, 4) is 0 Å². The van der Waals surface area contributed by atoms with Crippen LogP contribution in [0.5, 0.6) is 0 Å². The molecule has 0 fully saturated rings. The molecule has 0 spiro atoms. The fraction of sp³-hybridized carbons (Fsp3) is 0.949. The van der Waals surface area contributed by atoms with Crippen LogP contribution in [0, 0.1) is 0 Å². The normalized spacial score (nSPS) is 11.5. The highest BCUT2D eigenvalue weighted by Crippen LogP contribution is 2.16. The summed E-state index contributed by atoms with van der Waals surface area (Å²) in [4.78, 5) is 25.3. The molecule has 0 N–H and O–H groups in total. The predicted molar refractivity (Wildman–Crippen MR) is 186 cm³/mol. The van der Waals surface area contributed by atoms with Crippen molar-refractivity contribution in [3.05, 3.63) is 0 Å². The first-order valence-corrected chi connectivity index (χ1v) is 19.3. The highest BCUT2D eigenvalue weighted by Gasteiger charge is 2.28. The lowest BCUT2D eigenvalue weighted by Crippen LogP contribution is -3.00. The summed E-state index contributed by atoms with van der Waals surface area (Å²) in [6.45, 7) is 4.94. The van der Waals surface area contributed by atoms with Crippen molar-refractivity contribution in [2.24, 2.45) is 0 Å². The molecule has 4 heteroatoms. The third-order valence-electron chi connectivity index (χ3n) is 9.30. The van der Waals surface area contributed by atoms with E-state index in [0.717, 1.165) is 25.7 Å². The van der Waals surface area contributed by atoms with Gasteiger partial charge in [-0.25, -0.2) is 4.79 Å². The summed E-state index contributed by atoms with van der Waals surface area (Å²) in [7, 11) is 3.86. The number of carbonyl (C=O) groups is 2. The molecule has 0 saturated heterocycles. The predicted octanol–water partition coefficient (Wildman–Crippen LogP) is 9.69. The Balaban J connectivity index is 0. The molecular formula is C39H78BrNO2. The molecule has 0 atom stereocenters. The van der Waals surface area contributed by atoms with Crippen molar-refractivity contribution in [2.75, 3.05) is 20.6 Å². The monoisotopic (exact) mass is 672 g/mol. The number of halogens is 1. The molecule has 0 aliphatic rings. The van der Waals surface area contributed by atoms with Crippen LogP contribution >= 0.6 is 0 Å². The lowest BCUT2D eigenvalue weighted by Gasteiger charge is -2.26. The fourth-order valence-corrected chi connectivity index (χ4v) is 6.25. The molecule has 0 aromatic carbocycles. The molecule has 0 aliphatic carbocycles. The van der Waals surface area contributed by atoms with Gasteiger partial charge in [-0.2, -0.15) is 0 Å². The number of nitrogens with zero attached hydrogens (tertiary/aromatic N) is 1. The van der Waals surface area contributed by atoms with Crippen LogP contribution in [0.4, 0.5) is 0 Å². The first-order valence-electron chi connectivity index (χ1n) is 19.3. The van der Waals surface area contributed by atoms with Gasteiger partial charge < -0.3 is 17.0 Å². The largest absolute Gasteiger partial charge is 1.00 e. The minimum atomic E-state index is 0. The van der Waals surface area contributed by atoms with Crippen molar-refractivity contribution in [1.82, 2.24) is 0 Å². The maximum atomic E-state index is 12.8. The number of hydrogen-bond acceptors (Lipinski definition) is 2. The molecule has 0 aromatic rings. The molecule has 1 amide bonds. The van der Waals surface area contributed by atoms with Gasteiger partial charge in [0.2, 0.25) is 0 Å². The second-order valence-electron chi connectivity index (χ2n) is 14.2. The first-order chi connectivity index (χ1) is 20.4. The van der Waals surface area contributed by atoms with E-state index in [-0.39, 0.29) is 33.2 Å². The lowest BCUT2D eigenvalue weighted by molar-refractivity contribution is -0.805. The Morgan fingerprint density at radius 2 is 0.605 bits per heavy atom. The van der Waals surface area contributed by atoms with Crippen molar-refractivity contribution >= 4 is 11.7 Å². The van der Waals surface area contributed by atoms with Crippen LogP contribution < -0.4 is 17.0 Å². The van der Waals surface area contributed by atoms with E-state index < -0.39 is 0 Å². The van der Waals surface area contributed by atoms with Crippen molar-refractivity contribution in [1.29, 1.82) is 0 Å². The van der Waals surface area contributed by atoms with Crippen LogP contribution in [-0.2, 0) is 9.59 Å². The zero-order valence-corrected chi connectivity index (χ0v) is 31.6. The number of hydrogen-bond donors (Lipinski definition) is 0. The van der Waals surface area contributed by atoms with Crippen molar-refractivity contribution in [2.45, 2.75) is 219 Å². The average Bonchev–Trinajstić information content (AvgIpc) is 2.96. The van der Waals surface area contributed by atoms with Gasteiger partial charge in [0.1, 0.15) is 6.54 Å². The molecule has 0 radical (unpaired) electrons. The number of amides is 1. The summed E-state index contributed by atoms with van der Waals surface area (Å²) in [5, 5.41) is 0. The van der Waals surface area contributed by atoms with E-state index in [1.165, 1.54) is 167 Å². The summed E-state index contributed by atoms with van der Waals surface area (Å²) in [5.74, 6) is 0.495. The summed E-state index contributed by atoms with van der Waals surface area (Å²) in [6, 6.07) is 0. The third-order valence-corrected chi connectivity index (χ3v) is 9.30. The van der Waals surface area contributed by atoms with Crippen LogP contribution in [0.3, 0.4) is 0 Å². The topological polar surface area (TPSA) is 34.1 Å². The second-order valence-corrected chi connectivity index (χ2v) is 14.2. The van der Waals surface area contributed by atoms with Gasteiger partial charge in [-0.05, 0) is 12.8 Å². The minimum absolute atomic E-state index is 0. The molecular weight excluding hydrogens is 594 g/mol. The van der Waals surface area contributed by atoms with E-state index in [4.69, 9.17) is 0 Å². The number of Topliss-reactive ketones (excluding diaryl/α,β-unsaturated/α-hetero) is 1. The van der Waals surface area contributed by atoms with Gasteiger partial charge in [-0.15, -0.1) is 0 Å². The highest BCUT2D eigenvalue weighted by atomic mass is 79.9. The summed E-state index contributed by atoms with van der Waals surface area (Å²) >= 11 is 0. The Kier molecular flexibility index (Phi) is 36.2. The van der Waals surface area contributed by atoms with E-state index in [0.29, 0.717) is 19.4 Å². The first kappa shape index (κ1) is 44.9. The standard InChI is InChI=1S/C39H78NO2.BrH/c1-5-7-9-11-13-15-17-19-21-23-25-27-29-31-33-35-38(41)37-40(3,4)39(42)36-34-32-30-28-26-24-22-20-18-16-14-12-10-8-6-2;/h5-37H2,1-4H3;1H/q+1;/p-1. The van der Waals surface area contributed by atoms with Gasteiger partial charge >= 0.3 is 5.91 Å². The molecule has 0 bridgehead atoms. The fourth-order valence-electron chi connectivity index (χ4n) is 6.25. The Hall–Kier alpha value is -0.220. The van der Waals surface area contributed by atoms with Gasteiger partial charge in [0, 0.05) is 6.42 Å². The zero-order valence-electron chi connectivity index (χ0n) is 30.0. The number of rotatable bonds is 34. The number of likely N-dealkylation sites (N-methyl/N-ethyl adjacent to an activating group) is 1.